The lowest BCUT2D eigenvalue weighted by atomic mass is 10.4. The summed E-state index contributed by atoms with van der Waals surface area (Å²) in [5.74, 6) is 1.70. The van der Waals surface area contributed by atoms with E-state index >= 15 is 0 Å². The molecule has 1 aromatic rings. The van der Waals surface area contributed by atoms with E-state index in [1.165, 1.54) is 0 Å². The van der Waals surface area contributed by atoms with Gasteiger partial charge in [0.2, 0.25) is 0 Å². The molecule has 2 N–H and O–H groups in total. The van der Waals surface area contributed by atoms with Crippen LogP contribution in [0.25, 0.3) is 0 Å². The maximum Gasteiger partial charge on any atom is 0.144 e. The second-order valence-electron chi connectivity index (χ2n) is 3.19. The third-order valence-corrected chi connectivity index (χ3v) is 3.93. The molecule has 1 heterocycles. The van der Waals surface area contributed by atoms with Gasteiger partial charge in [0.1, 0.15) is 17.2 Å². The molecule has 0 aliphatic heterocycles. The van der Waals surface area contributed by atoms with Crippen LogP contribution in [0.5, 0.6) is 0 Å². The van der Waals surface area contributed by atoms with Crippen LogP contribution in [0.3, 0.4) is 0 Å². The second-order valence-corrected chi connectivity index (χ2v) is 5.07. The van der Waals surface area contributed by atoms with Crippen LogP contribution in [0.4, 0.5) is 5.82 Å². The minimum atomic E-state index is 0.219. The molecular weight excluding hydrogens is 290 g/mol. The number of thioether (sulfide) groups is 1. The van der Waals surface area contributed by atoms with E-state index in [9.17, 15) is 0 Å². The van der Waals surface area contributed by atoms with E-state index in [2.05, 4.69) is 38.1 Å². The van der Waals surface area contributed by atoms with E-state index in [0.29, 0.717) is 0 Å². The topological polar surface area (TPSA) is 58.0 Å². The van der Waals surface area contributed by atoms with Gasteiger partial charge in [-0.3, -0.25) is 0 Å². The fraction of sp³-hybridized carbons (Fsp3) is 0.600. The van der Waals surface area contributed by atoms with E-state index in [1.807, 2.05) is 0 Å². The Labute approximate surface area is 108 Å². The molecule has 1 rings (SSSR count). The van der Waals surface area contributed by atoms with Crippen LogP contribution in [0.1, 0.15) is 19.8 Å². The molecule has 0 atom stereocenters. The summed E-state index contributed by atoms with van der Waals surface area (Å²) in [6, 6.07) is 0. The normalized spacial score (nSPS) is 10.4. The number of halogens is 1. The minimum absolute atomic E-state index is 0.219. The third kappa shape index (κ3) is 4.27. The highest BCUT2D eigenvalue weighted by molar-refractivity contribution is 9.10. The SMILES string of the molecule is CCCNc1ncnc(SCCCO)c1Br. The zero-order valence-corrected chi connectivity index (χ0v) is 11.6. The number of nitrogens with one attached hydrogen (secondary N) is 1. The molecular formula is C10H16BrN3OS. The maximum atomic E-state index is 8.71. The number of aliphatic hydroxyl groups excluding tert-OH is 1. The first kappa shape index (κ1) is 13.7. The number of aromatic nitrogens is 2. The molecule has 0 aliphatic rings. The molecule has 90 valence electrons. The first-order chi connectivity index (χ1) is 7.79. The van der Waals surface area contributed by atoms with Gasteiger partial charge in [0.15, 0.2) is 0 Å². The van der Waals surface area contributed by atoms with Crippen molar-refractivity contribution in [3.05, 3.63) is 10.8 Å². The summed E-state index contributed by atoms with van der Waals surface area (Å²) in [6.07, 6.45) is 3.40. The Balaban J connectivity index is 2.62. The Kier molecular flexibility index (Phi) is 6.75. The fourth-order valence-corrected chi connectivity index (χ4v) is 2.55. The molecule has 0 aliphatic carbocycles. The van der Waals surface area contributed by atoms with Gasteiger partial charge in [0.05, 0.1) is 4.47 Å². The Morgan fingerprint density at radius 2 is 2.31 bits per heavy atom. The quantitative estimate of drug-likeness (QED) is 0.460. The van der Waals surface area contributed by atoms with Gasteiger partial charge in [-0.1, -0.05) is 6.92 Å². The first-order valence-corrected chi connectivity index (χ1v) is 7.05. The Hall–Kier alpha value is -0.330. The molecule has 1 aromatic heterocycles. The van der Waals surface area contributed by atoms with Gasteiger partial charge in [-0.05, 0) is 28.8 Å². The zero-order valence-electron chi connectivity index (χ0n) is 9.24. The summed E-state index contributed by atoms with van der Waals surface area (Å²) in [6.45, 7) is 3.23. The number of aliphatic hydroxyl groups is 1. The molecule has 0 bridgehead atoms. The number of anilines is 1. The van der Waals surface area contributed by atoms with Gasteiger partial charge in [0.25, 0.3) is 0 Å². The highest BCUT2D eigenvalue weighted by atomic mass is 79.9. The van der Waals surface area contributed by atoms with Crippen molar-refractivity contribution < 1.29 is 5.11 Å². The molecule has 0 aromatic carbocycles. The standard InChI is InChI=1S/C10H16BrN3OS/c1-2-4-12-9-8(11)10(14-7-13-9)16-6-3-5-15/h7,15H,2-6H2,1H3,(H,12,13,14). The predicted molar refractivity (Wildman–Crippen MR) is 70.9 cm³/mol. The number of hydrogen-bond acceptors (Lipinski definition) is 5. The van der Waals surface area contributed by atoms with Crippen molar-refractivity contribution in [1.29, 1.82) is 0 Å². The number of hydrogen-bond donors (Lipinski definition) is 2. The molecule has 0 amide bonds. The van der Waals surface area contributed by atoms with E-state index in [-0.39, 0.29) is 6.61 Å². The van der Waals surface area contributed by atoms with Crippen molar-refractivity contribution in [3.63, 3.8) is 0 Å². The molecule has 0 spiro atoms. The lowest BCUT2D eigenvalue weighted by Gasteiger charge is -2.08. The summed E-state index contributed by atoms with van der Waals surface area (Å²) in [5.41, 5.74) is 0. The maximum absolute atomic E-state index is 8.71. The van der Waals surface area contributed by atoms with Crippen molar-refractivity contribution >= 4 is 33.5 Å². The highest BCUT2D eigenvalue weighted by Crippen LogP contribution is 2.30. The first-order valence-electron chi connectivity index (χ1n) is 5.27. The summed E-state index contributed by atoms with van der Waals surface area (Å²) < 4.78 is 0.909. The molecule has 6 heteroatoms. The van der Waals surface area contributed by atoms with Crippen LogP contribution in [-0.4, -0.2) is 34.0 Å². The van der Waals surface area contributed by atoms with Crippen molar-refractivity contribution in [1.82, 2.24) is 9.97 Å². The van der Waals surface area contributed by atoms with Crippen molar-refractivity contribution in [2.24, 2.45) is 0 Å². The van der Waals surface area contributed by atoms with Gasteiger partial charge in [-0.15, -0.1) is 11.8 Å². The fourth-order valence-electron chi connectivity index (χ4n) is 1.05. The smallest absolute Gasteiger partial charge is 0.144 e. The van der Waals surface area contributed by atoms with Gasteiger partial charge in [-0.25, -0.2) is 9.97 Å². The lowest BCUT2D eigenvalue weighted by Crippen LogP contribution is -2.04. The molecule has 0 saturated heterocycles. The van der Waals surface area contributed by atoms with E-state index in [4.69, 9.17) is 5.11 Å². The Morgan fingerprint density at radius 1 is 1.50 bits per heavy atom. The number of rotatable bonds is 7. The van der Waals surface area contributed by atoms with Crippen molar-refractivity contribution in [2.75, 3.05) is 24.2 Å². The molecule has 0 saturated carbocycles. The van der Waals surface area contributed by atoms with Crippen LogP contribution in [0.15, 0.2) is 15.8 Å². The average Bonchev–Trinajstić information content (AvgIpc) is 2.30. The monoisotopic (exact) mass is 305 g/mol. The molecule has 0 radical (unpaired) electrons. The van der Waals surface area contributed by atoms with Crippen LogP contribution < -0.4 is 5.32 Å². The second kappa shape index (κ2) is 7.86. The van der Waals surface area contributed by atoms with Gasteiger partial charge in [-0.2, -0.15) is 0 Å². The Bertz CT molecular complexity index is 325. The predicted octanol–water partition coefficient (Wildman–Crippen LogP) is 2.54. The molecule has 0 fully saturated rings. The van der Waals surface area contributed by atoms with Crippen molar-refractivity contribution in [3.8, 4) is 0 Å². The van der Waals surface area contributed by atoms with Gasteiger partial charge >= 0.3 is 0 Å². The zero-order chi connectivity index (χ0) is 11.8. The molecule has 16 heavy (non-hydrogen) atoms. The van der Waals surface area contributed by atoms with E-state index in [1.54, 1.807) is 18.1 Å². The highest BCUT2D eigenvalue weighted by Gasteiger charge is 2.08. The average molecular weight is 306 g/mol. The van der Waals surface area contributed by atoms with Crippen LogP contribution in [0.2, 0.25) is 0 Å². The van der Waals surface area contributed by atoms with Gasteiger partial charge in [0, 0.05) is 18.9 Å². The van der Waals surface area contributed by atoms with Crippen LogP contribution >= 0.6 is 27.7 Å². The minimum Gasteiger partial charge on any atom is -0.396 e. The summed E-state index contributed by atoms with van der Waals surface area (Å²) in [4.78, 5) is 8.38. The summed E-state index contributed by atoms with van der Waals surface area (Å²) in [7, 11) is 0. The van der Waals surface area contributed by atoms with Crippen LogP contribution in [0, 0.1) is 0 Å². The molecule has 0 unspecified atom stereocenters. The van der Waals surface area contributed by atoms with E-state index in [0.717, 1.165) is 40.5 Å². The largest absolute Gasteiger partial charge is 0.396 e. The Morgan fingerprint density at radius 3 is 3.00 bits per heavy atom. The van der Waals surface area contributed by atoms with E-state index < -0.39 is 0 Å². The van der Waals surface area contributed by atoms with Crippen molar-refractivity contribution in [2.45, 2.75) is 24.8 Å². The van der Waals surface area contributed by atoms with Gasteiger partial charge < -0.3 is 10.4 Å². The van der Waals surface area contributed by atoms with Crippen LogP contribution in [-0.2, 0) is 0 Å². The number of nitrogens with zero attached hydrogens (tertiary/aromatic N) is 2. The molecule has 4 nitrogen and oxygen atoms in total. The third-order valence-electron chi connectivity index (χ3n) is 1.84. The lowest BCUT2D eigenvalue weighted by molar-refractivity contribution is 0.296. The summed E-state index contributed by atoms with van der Waals surface area (Å²) in [5, 5.41) is 12.9. The summed E-state index contributed by atoms with van der Waals surface area (Å²) >= 11 is 5.11.